The minimum atomic E-state index is 0.0324. The third-order valence-electron chi connectivity index (χ3n) is 2.36. The number of nitrogens with zero attached hydrogens (tertiary/aromatic N) is 1. The summed E-state index contributed by atoms with van der Waals surface area (Å²) in [6.45, 7) is 12.4. The Balaban J connectivity index is 4.95. The second kappa shape index (κ2) is 9.50. The van der Waals surface area contributed by atoms with E-state index in [4.69, 9.17) is 22.1 Å². The van der Waals surface area contributed by atoms with E-state index in [1.54, 1.807) is 12.4 Å². The second-order valence-electron chi connectivity index (χ2n) is 4.16. The lowest BCUT2D eigenvalue weighted by molar-refractivity contribution is 0.125. The lowest BCUT2D eigenvalue weighted by Gasteiger charge is -2.13. The highest BCUT2D eigenvalue weighted by molar-refractivity contribution is 6.31. The van der Waals surface area contributed by atoms with Gasteiger partial charge in [0, 0.05) is 12.2 Å². The molecule has 0 aliphatic heterocycles. The van der Waals surface area contributed by atoms with Crippen LogP contribution in [0.2, 0.25) is 0 Å². The Bertz CT molecular complexity index is 386. The van der Waals surface area contributed by atoms with Crippen LogP contribution in [0.4, 0.5) is 0 Å². The molecule has 0 bridgehead atoms. The third-order valence-corrected chi connectivity index (χ3v) is 2.66. The minimum absolute atomic E-state index is 0.0324. The van der Waals surface area contributed by atoms with Crippen LogP contribution in [0.3, 0.4) is 0 Å². The highest BCUT2D eigenvalue weighted by Crippen LogP contribution is 2.15. The number of hydrogen-bond donors (Lipinski definition) is 2. The summed E-state index contributed by atoms with van der Waals surface area (Å²) in [5, 5.41) is 3.36. The molecule has 0 saturated carbocycles. The predicted molar refractivity (Wildman–Crippen MR) is 83.0 cm³/mol. The molecule has 0 rings (SSSR count). The molecule has 5 heteroatoms. The largest absolute Gasteiger partial charge is 0.475 e. The van der Waals surface area contributed by atoms with Crippen molar-refractivity contribution in [3.63, 3.8) is 0 Å². The molecule has 0 aliphatic rings. The first kappa shape index (κ1) is 17.6. The van der Waals surface area contributed by atoms with Gasteiger partial charge in [-0.25, -0.2) is 0 Å². The third kappa shape index (κ3) is 7.57. The average molecular weight is 286 g/mol. The summed E-state index contributed by atoms with van der Waals surface area (Å²) >= 11 is 6.11. The van der Waals surface area contributed by atoms with Gasteiger partial charge in [0.1, 0.15) is 5.03 Å². The number of ether oxygens (including phenoxy) is 1. The molecular weight excluding hydrogens is 262 g/mol. The van der Waals surface area contributed by atoms with Crippen molar-refractivity contribution < 1.29 is 4.74 Å². The normalized spacial score (nSPS) is 15.1. The quantitative estimate of drug-likeness (QED) is 0.311. The van der Waals surface area contributed by atoms with E-state index in [0.717, 1.165) is 17.7 Å². The van der Waals surface area contributed by atoms with Crippen LogP contribution >= 0.6 is 11.6 Å². The zero-order valence-electron chi connectivity index (χ0n) is 12.2. The predicted octanol–water partition coefficient (Wildman–Crippen LogP) is 3.27. The average Bonchev–Trinajstić information content (AvgIpc) is 2.36. The van der Waals surface area contributed by atoms with Crippen LogP contribution in [0.15, 0.2) is 39.8 Å². The SMILES string of the molecule is C=C(C)/C(=C\C(Cl)=C(/N)OC(C)CC)NC=NCC. The number of allylic oxidation sites excluding steroid dienone is 3. The molecule has 0 aromatic carbocycles. The highest BCUT2D eigenvalue weighted by Gasteiger charge is 2.06. The fraction of sp³-hybridized carbons (Fsp3) is 0.500. The first-order valence-corrected chi connectivity index (χ1v) is 6.74. The number of halogens is 1. The zero-order chi connectivity index (χ0) is 14.8. The van der Waals surface area contributed by atoms with Gasteiger partial charge in [0.2, 0.25) is 5.88 Å². The first-order valence-electron chi connectivity index (χ1n) is 6.36. The van der Waals surface area contributed by atoms with Crippen molar-refractivity contribution in [1.29, 1.82) is 0 Å². The van der Waals surface area contributed by atoms with E-state index in [9.17, 15) is 0 Å². The molecule has 4 nitrogen and oxygen atoms in total. The van der Waals surface area contributed by atoms with Gasteiger partial charge in [-0.15, -0.1) is 0 Å². The highest BCUT2D eigenvalue weighted by atomic mass is 35.5. The zero-order valence-corrected chi connectivity index (χ0v) is 12.9. The van der Waals surface area contributed by atoms with Crippen LogP contribution in [0.5, 0.6) is 0 Å². The molecule has 0 heterocycles. The van der Waals surface area contributed by atoms with E-state index in [2.05, 4.69) is 16.9 Å². The lowest BCUT2D eigenvalue weighted by Crippen LogP contribution is -2.15. The van der Waals surface area contributed by atoms with E-state index in [-0.39, 0.29) is 12.0 Å². The molecular formula is C14H24ClN3O. The molecule has 19 heavy (non-hydrogen) atoms. The van der Waals surface area contributed by atoms with Crippen molar-refractivity contribution in [3.8, 4) is 0 Å². The molecule has 0 radical (unpaired) electrons. The molecule has 0 fully saturated rings. The molecule has 0 amide bonds. The van der Waals surface area contributed by atoms with Crippen LogP contribution in [-0.2, 0) is 4.74 Å². The maximum Gasteiger partial charge on any atom is 0.203 e. The van der Waals surface area contributed by atoms with Crippen molar-refractivity contribution in [2.75, 3.05) is 6.54 Å². The van der Waals surface area contributed by atoms with Gasteiger partial charge in [-0.2, -0.15) is 0 Å². The van der Waals surface area contributed by atoms with Crippen LogP contribution in [0, 0.1) is 0 Å². The standard InChI is InChI=1S/C14H24ClN3O/c1-6-11(5)19-14(16)12(15)8-13(10(3)4)18-9-17-7-2/h8-9,11H,3,6-7,16H2,1-2,4-5H3,(H,17,18)/b13-8+,14-12-. The Morgan fingerprint density at radius 1 is 1.53 bits per heavy atom. The second-order valence-corrected chi connectivity index (χ2v) is 4.57. The van der Waals surface area contributed by atoms with Gasteiger partial charge in [0.05, 0.1) is 12.4 Å². The molecule has 108 valence electrons. The molecule has 3 N–H and O–H groups in total. The molecule has 1 atom stereocenters. The Hall–Kier alpha value is -1.42. The molecule has 0 aromatic heterocycles. The van der Waals surface area contributed by atoms with Gasteiger partial charge < -0.3 is 15.8 Å². The number of hydrogen-bond acceptors (Lipinski definition) is 3. The monoisotopic (exact) mass is 285 g/mol. The molecule has 0 spiro atoms. The van der Waals surface area contributed by atoms with Crippen LogP contribution in [0.1, 0.15) is 34.1 Å². The topological polar surface area (TPSA) is 59.6 Å². The van der Waals surface area contributed by atoms with Gasteiger partial charge in [-0.05, 0) is 38.8 Å². The summed E-state index contributed by atoms with van der Waals surface area (Å²) < 4.78 is 5.46. The number of nitrogens with one attached hydrogen (secondary N) is 1. The van der Waals surface area contributed by atoms with Crippen LogP contribution in [-0.4, -0.2) is 19.0 Å². The Morgan fingerprint density at radius 2 is 2.16 bits per heavy atom. The molecule has 0 aliphatic carbocycles. The summed E-state index contributed by atoms with van der Waals surface area (Å²) in [5.74, 6) is 0.212. The molecule has 1 unspecified atom stereocenters. The van der Waals surface area contributed by atoms with Crippen LogP contribution < -0.4 is 11.1 Å². The molecule has 0 saturated heterocycles. The van der Waals surface area contributed by atoms with Crippen molar-refractivity contribution in [2.24, 2.45) is 10.7 Å². The van der Waals surface area contributed by atoms with E-state index >= 15 is 0 Å². The maximum absolute atomic E-state index is 6.11. The number of nitrogens with two attached hydrogens (primary N) is 1. The number of rotatable bonds is 8. The van der Waals surface area contributed by atoms with Gasteiger partial charge in [-0.1, -0.05) is 25.1 Å². The summed E-state index contributed by atoms with van der Waals surface area (Å²) in [6.07, 6.45) is 4.19. The summed E-state index contributed by atoms with van der Waals surface area (Å²) in [7, 11) is 0. The fourth-order valence-corrected chi connectivity index (χ4v) is 1.20. The Morgan fingerprint density at radius 3 is 2.63 bits per heavy atom. The van der Waals surface area contributed by atoms with Gasteiger partial charge in [0.25, 0.3) is 0 Å². The summed E-state index contributed by atoms with van der Waals surface area (Å²) in [4.78, 5) is 4.07. The smallest absolute Gasteiger partial charge is 0.203 e. The molecule has 0 aromatic rings. The summed E-state index contributed by atoms with van der Waals surface area (Å²) in [6, 6.07) is 0. The Kier molecular flexibility index (Phi) is 8.79. The summed E-state index contributed by atoms with van der Waals surface area (Å²) in [5.41, 5.74) is 7.37. The van der Waals surface area contributed by atoms with Gasteiger partial charge >= 0.3 is 0 Å². The van der Waals surface area contributed by atoms with E-state index in [1.165, 1.54) is 0 Å². The van der Waals surface area contributed by atoms with Crippen LogP contribution in [0.25, 0.3) is 0 Å². The van der Waals surface area contributed by atoms with Gasteiger partial charge in [-0.3, -0.25) is 4.99 Å². The lowest BCUT2D eigenvalue weighted by atomic mass is 10.2. The van der Waals surface area contributed by atoms with Crippen molar-refractivity contribution in [1.82, 2.24) is 5.32 Å². The van der Waals surface area contributed by atoms with E-state index < -0.39 is 0 Å². The number of aliphatic imine (C=N–C) groups is 1. The Labute approximate surface area is 121 Å². The maximum atomic E-state index is 6.11. The van der Waals surface area contributed by atoms with Crippen molar-refractivity contribution in [3.05, 3.63) is 34.8 Å². The van der Waals surface area contributed by atoms with E-state index in [1.807, 2.05) is 27.7 Å². The van der Waals surface area contributed by atoms with Crippen molar-refractivity contribution in [2.45, 2.75) is 40.2 Å². The van der Waals surface area contributed by atoms with Gasteiger partial charge in [0.15, 0.2) is 0 Å². The fourth-order valence-electron chi connectivity index (χ4n) is 1.05. The minimum Gasteiger partial charge on any atom is -0.475 e. The van der Waals surface area contributed by atoms with E-state index in [0.29, 0.717) is 11.6 Å². The van der Waals surface area contributed by atoms with Crippen molar-refractivity contribution >= 4 is 17.9 Å². The first-order chi connectivity index (χ1) is 8.92.